The molecule has 1 heterocycles. The third-order valence-corrected chi connectivity index (χ3v) is 6.56. The third-order valence-electron chi connectivity index (χ3n) is 5.47. The molecule has 0 atom stereocenters. The lowest BCUT2D eigenvalue weighted by molar-refractivity contribution is 0.463. The molecule has 26 heavy (non-hydrogen) atoms. The van der Waals surface area contributed by atoms with Crippen LogP contribution in [0.25, 0.3) is 20.8 Å². The summed E-state index contributed by atoms with van der Waals surface area (Å²) < 4.78 is 3.65. The van der Waals surface area contributed by atoms with Crippen LogP contribution in [0.15, 0.2) is 36.4 Å². The maximum absolute atomic E-state index is 4.88. The Bertz CT molecular complexity index is 932. The zero-order valence-corrected chi connectivity index (χ0v) is 16.6. The van der Waals surface area contributed by atoms with Gasteiger partial charge in [0.05, 0.1) is 20.8 Å². The average Bonchev–Trinajstić information content (AvgIpc) is 2.68. The normalized spacial score (nSPS) is 15.5. The van der Waals surface area contributed by atoms with Gasteiger partial charge in [-0.2, -0.15) is 0 Å². The van der Waals surface area contributed by atoms with E-state index in [0.29, 0.717) is 6.04 Å². The van der Waals surface area contributed by atoms with E-state index in [0.717, 1.165) is 24.3 Å². The molecule has 0 bridgehead atoms. The van der Waals surface area contributed by atoms with Crippen LogP contribution in [-0.4, -0.2) is 24.1 Å². The molecule has 1 fully saturated rings. The van der Waals surface area contributed by atoms with Crippen molar-refractivity contribution in [2.75, 3.05) is 18.4 Å². The lowest BCUT2D eigenvalue weighted by atomic mass is 9.95. The van der Waals surface area contributed by atoms with Crippen molar-refractivity contribution in [2.45, 2.75) is 52.0 Å². The second-order valence-corrected chi connectivity index (χ2v) is 8.28. The number of fused-ring (bicyclic) bond motifs is 2. The van der Waals surface area contributed by atoms with Gasteiger partial charge in [0.15, 0.2) is 0 Å². The highest BCUT2D eigenvalue weighted by Gasteiger charge is 2.14. The van der Waals surface area contributed by atoms with Crippen LogP contribution in [0.3, 0.4) is 0 Å². The van der Waals surface area contributed by atoms with E-state index in [2.05, 4.69) is 60.1 Å². The molecule has 1 aromatic rings. The first kappa shape index (κ1) is 17.5. The van der Waals surface area contributed by atoms with Crippen LogP contribution in [0.1, 0.15) is 46.0 Å². The van der Waals surface area contributed by atoms with E-state index in [9.17, 15) is 0 Å². The summed E-state index contributed by atoms with van der Waals surface area (Å²) in [7, 11) is 0. The van der Waals surface area contributed by atoms with Gasteiger partial charge < -0.3 is 5.32 Å². The van der Waals surface area contributed by atoms with Gasteiger partial charge in [-0.25, -0.2) is 9.56 Å². The van der Waals surface area contributed by atoms with Crippen LogP contribution in [-0.2, 0) is 0 Å². The quantitative estimate of drug-likeness (QED) is 0.522. The molecule has 1 saturated carbocycles. The van der Waals surface area contributed by atoms with Crippen molar-refractivity contribution in [3.63, 3.8) is 0 Å². The van der Waals surface area contributed by atoms with Crippen LogP contribution in [0.5, 0.6) is 0 Å². The number of aromatic nitrogens is 1. The minimum atomic E-state index is 0.633. The minimum Gasteiger partial charge on any atom is -0.382 e. The molecule has 0 unspecified atom stereocenters. The molecule has 0 radical (unpaired) electrons. The molecule has 0 spiro atoms. The maximum Gasteiger partial charge on any atom is 0.201 e. The average molecular weight is 367 g/mol. The van der Waals surface area contributed by atoms with Gasteiger partial charge in [-0.05, 0) is 51.0 Å². The van der Waals surface area contributed by atoms with Crippen molar-refractivity contribution in [1.29, 1.82) is 0 Å². The lowest BCUT2D eigenvalue weighted by Gasteiger charge is -2.24. The summed E-state index contributed by atoms with van der Waals surface area (Å²) in [5, 5.41) is 5.03. The van der Waals surface area contributed by atoms with E-state index in [4.69, 9.17) is 4.98 Å². The van der Waals surface area contributed by atoms with Gasteiger partial charge >= 0.3 is 0 Å². The second kappa shape index (κ2) is 7.75. The van der Waals surface area contributed by atoms with Crippen molar-refractivity contribution in [3.8, 4) is 10.6 Å². The second-order valence-electron chi connectivity index (χ2n) is 7.20. The number of hydrogen-bond acceptors (Lipinski definition) is 3. The first-order valence-electron chi connectivity index (χ1n) is 9.96. The van der Waals surface area contributed by atoms with E-state index in [1.807, 2.05) is 11.3 Å². The molecule has 2 aliphatic carbocycles. The van der Waals surface area contributed by atoms with Gasteiger partial charge in [0.1, 0.15) is 13.1 Å². The van der Waals surface area contributed by atoms with Crippen LogP contribution in [0, 0.1) is 0 Å². The monoisotopic (exact) mass is 366 g/mol. The van der Waals surface area contributed by atoms with Crippen molar-refractivity contribution >= 4 is 27.2 Å². The van der Waals surface area contributed by atoms with Gasteiger partial charge in [0.2, 0.25) is 5.36 Å². The summed E-state index contributed by atoms with van der Waals surface area (Å²) in [6.45, 7) is 6.48. The topological polar surface area (TPSA) is 27.9 Å². The summed E-state index contributed by atoms with van der Waals surface area (Å²) in [6.07, 6.45) is 6.69. The highest BCUT2D eigenvalue weighted by molar-refractivity contribution is 7.21. The summed E-state index contributed by atoms with van der Waals surface area (Å²) >= 11 is 1.85. The van der Waals surface area contributed by atoms with Gasteiger partial charge in [0, 0.05) is 23.9 Å². The first-order chi connectivity index (χ1) is 12.8. The van der Waals surface area contributed by atoms with Gasteiger partial charge in [-0.3, -0.25) is 0 Å². The van der Waals surface area contributed by atoms with Gasteiger partial charge in [0.25, 0.3) is 0 Å². The lowest BCUT2D eigenvalue weighted by Crippen LogP contribution is -2.29. The summed E-state index contributed by atoms with van der Waals surface area (Å²) in [5.74, 6) is 0. The van der Waals surface area contributed by atoms with Crippen LogP contribution >= 0.6 is 11.3 Å². The Balaban J connectivity index is 1.73. The molecule has 136 valence electrons. The van der Waals surface area contributed by atoms with Crippen LogP contribution in [0.4, 0.5) is 5.69 Å². The summed E-state index contributed by atoms with van der Waals surface area (Å²) in [5.41, 5.74) is 3.42. The molecular formula is C22H28N3S+. The molecule has 3 aliphatic rings. The molecule has 0 amide bonds. The molecule has 3 nitrogen and oxygen atoms in total. The molecule has 1 aromatic carbocycles. The van der Waals surface area contributed by atoms with Crippen LogP contribution < -0.4 is 15.2 Å². The fourth-order valence-electron chi connectivity index (χ4n) is 3.97. The smallest absolute Gasteiger partial charge is 0.201 e. The van der Waals surface area contributed by atoms with E-state index >= 15 is 0 Å². The van der Waals surface area contributed by atoms with E-state index in [-0.39, 0.29) is 0 Å². The van der Waals surface area contributed by atoms with Gasteiger partial charge in [-0.1, -0.05) is 19.3 Å². The third kappa shape index (κ3) is 3.61. The number of benzene rings is 2. The summed E-state index contributed by atoms with van der Waals surface area (Å²) in [6, 6.07) is 13.9. The number of nitrogens with zero attached hydrogens (tertiary/aromatic N) is 2. The highest BCUT2D eigenvalue weighted by atomic mass is 32.1. The Morgan fingerprint density at radius 1 is 1.04 bits per heavy atom. The number of hydrogen-bond donors (Lipinski definition) is 1. The van der Waals surface area contributed by atoms with Crippen LogP contribution in [0.2, 0.25) is 0 Å². The van der Waals surface area contributed by atoms with E-state index < -0.39 is 0 Å². The maximum atomic E-state index is 4.88. The standard InChI is InChI=1S/C22H27N3S/c1-3-25(4-2)18-11-13-20-22(15-18)26-21-14-17(10-12-19(21)24-20)23-16-8-6-5-7-9-16/h10-16H,3-9H2,1-2H3/p+1. The Labute approximate surface area is 159 Å². The van der Waals surface area contributed by atoms with E-state index in [1.165, 1.54) is 52.7 Å². The first-order valence-corrected chi connectivity index (χ1v) is 10.8. The molecule has 4 heteroatoms. The van der Waals surface area contributed by atoms with Crippen molar-refractivity contribution in [2.24, 2.45) is 0 Å². The number of rotatable bonds is 4. The number of nitrogens with one attached hydrogen (secondary N) is 1. The Morgan fingerprint density at radius 3 is 2.62 bits per heavy atom. The molecular weight excluding hydrogens is 338 g/mol. The SMILES string of the molecule is CC[N+](CC)=c1ccc2nc3ccc(NC4CCCCC4)cc3sc-2c1. The fourth-order valence-corrected chi connectivity index (χ4v) is 5.01. The van der Waals surface area contributed by atoms with Crippen molar-refractivity contribution in [1.82, 2.24) is 9.56 Å². The molecule has 1 N–H and O–H groups in total. The molecule has 0 aromatic heterocycles. The van der Waals surface area contributed by atoms with E-state index in [1.54, 1.807) is 0 Å². The Kier molecular flexibility index (Phi) is 5.21. The predicted molar refractivity (Wildman–Crippen MR) is 113 cm³/mol. The molecule has 1 aliphatic heterocycles. The van der Waals surface area contributed by atoms with Crippen molar-refractivity contribution < 1.29 is 0 Å². The largest absolute Gasteiger partial charge is 0.382 e. The predicted octanol–water partition coefficient (Wildman–Crippen LogP) is 4.96. The molecule has 4 rings (SSSR count). The minimum absolute atomic E-state index is 0.633. The van der Waals surface area contributed by atoms with Gasteiger partial charge in [-0.15, -0.1) is 11.3 Å². The summed E-state index contributed by atoms with van der Waals surface area (Å²) in [4.78, 5) is 6.14. The highest BCUT2D eigenvalue weighted by Crippen LogP contribution is 2.31. The van der Waals surface area contributed by atoms with Crippen molar-refractivity contribution in [3.05, 3.63) is 41.8 Å². The Hall–Kier alpha value is -1.94. The molecule has 0 saturated heterocycles. The fraction of sp³-hybridized carbons (Fsp3) is 0.455. The zero-order valence-electron chi connectivity index (χ0n) is 15.8. The Morgan fingerprint density at radius 2 is 1.85 bits per heavy atom. The number of anilines is 1. The zero-order chi connectivity index (χ0) is 17.9.